The van der Waals surface area contributed by atoms with Crippen molar-refractivity contribution in [2.45, 2.75) is 39.2 Å². The lowest BCUT2D eigenvalue weighted by Gasteiger charge is -2.16. The minimum atomic E-state index is 0.687. The molecule has 3 unspecified atom stereocenters. The van der Waals surface area contributed by atoms with E-state index in [1.807, 2.05) is 0 Å². The van der Waals surface area contributed by atoms with Crippen molar-refractivity contribution < 1.29 is 0 Å². The zero-order valence-corrected chi connectivity index (χ0v) is 8.56. The molecule has 0 aromatic carbocycles. The molecule has 1 nitrogen and oxygen atoms in total. The number of hydrogen-bond donors (Lipinski definition) is 1. The molecule has 70 valence electrons. The summed E-state index contributed by atoms with van der Waals surface area (Å²) in [6.07, 6.45) is 3.70. The molecule has 1 aliphatic rings. The maximum absolute atomic E-state index is 4.06. The molecule has 12 heavy (non-hydrogen) atoms. The molecule has 1 saturated carbocycles. The van der Waals surface area contributed by atoms with Gasteiger partial charge in [-0.1, -0.05) is 26.0 Å². The first kappa shape index (κ1) is 9.79. The van der Waals surface area contributed by atoms with Crippen molar-refractivity contribution in [3.8, 4) is 0 Å². The van der Waals surface area contributed by atoms with E-state index in [2.05, 4.69) is 32.8 Å². The zero-order chi connectivity index (χ0) is 9.14. The van der Waals surface area contributed by atoms with Gasteiger partial charge in [0.05, 0.1) is 0 Å². The summed E-state index contributed by atoms with van der Waals surface area (Å²) in [4.78, 5) is 0. The van der Waals surface area contributed by atoms with E-state index < -0.39 is 0 Å². The van der Waals surface area contributed by atoms with Gasteiger partial charge in [-0.2, -0.15) is 0 Å². The third-order valence-corrected chi connectivity index (χ3v) is 3.07. The molecule has 0 radical (unpaired) electrons. The largest absolute Gasteiger partial charge is 0.316 e. The van der Waals surface area contributed by atoms with E-state index in [1.54, 1.807) is 0 Å². The van der Waals surface area contributed by atoms with Gasteiger partial charge in [-0.05, 0) is 38.1 Å². The first-order chi connectivity index (χ1) is 5.69. The smallest absolute Gasteiger partial charge is 0.0132 e. The normalized spacial score (nSPS) is 29.9. The van der Waals surface area contributed by atoms with E-state index in [0.717, 1.165) is 18.3 Å². The molecule has 0 saturated heterocycles. The van der Waals surface area contributed by atoms with Gasteiger partial charge in [0.2, 0.25) is 0 Å². The van der Waals surface area contributed by atoms with Crippen LogP contribution in [0.4, 0.5) is 0 Å². The zero-order valence-electron chi connectivity index (χ0n) is 8.56. The molecule has 3 atom stereocenters. The quantitative estimate of drug-likeness (QED) is 0.621. The summed E-state index contributed by atoms with van der Waals surface area (Å²) in [5, 5.41) is 3.40. The van der Waals surface area contributed by atoms with Crippen LogP contribution in [0, 0.1) is 11.8 Å². The van der Waals surface area contributed by atoms with Gasteiger partial charge >= 0.3 is 0 Å². The summed E-state index contributed by atoms with van der Waals surface area (Å²) < 4.78 is 0. The Morgan fingerprint density at radius 3 is 2.58 bits per heavy atom. The molecule has 0 aromatic rings. The summed E-state index contributed by atoms with van der Waals surface area (Å²) in [6.45, 7) is 8.58. The Hall–Kier alpha value is -0.300. The Balaban J connectivity index is 2.31. The Bertz CT molecular complexity index is 162. The summed E-state index contributed by atoms with van der Waals surface area (Å²) in [5.74, 6) is 1.85. The lowest BCUT2D eigenvalue weighted by molar-refractivity contribution is 0.475. The van der Waals surface area contributed by atoms with E-state index in [-0.39, 0.29) is 0 Å². The van der Waals surface area contributed by atoms with Gasteiger partial charge in [0, 0.05) is 6.04 Å². The lowest BCUT2D eigenvalue weighted by Crippen LogP contribution is -2.28. The van der Waals surface area contributed by atoms with Crippen LogP contribution in [0.5, 0.6) is 0 Å². The molecular formula is C11H21N. The summed E-state index contributed by atoms with van der Waals surface area (Å²) in [6, 6.07) is 0.687. The van der Waals surface area contributed by atoms with Crippen LogP contribution in [0.3, 0.4) is 0 Å². The van der Waals surface area contributed by atoms with Crippen molar-refractivity contribution in [3.05, 3.63) is 12.2 Å². The maximum Gasteiger partial charge on any atom is 0.0132 e. The summed E-state index contributed by atoms with van der Waals surface area (Å²) >= 11 is 0. The van der Waals surface area contributed by atoms with Gasteiger partial charge in [0.25, 0.3) is 0 Å². The van der Waals surface area contributed by atoms with Crippen molar-refractivity contribution in [3.63, 3.8) is 0 Å². The van der Waals surface area contributed by atoms with E-state index in [1.165, 1.54) is 18.4 Å². The van der Waals surface area contributed by atoms with Crippen LogP contribution in [0.2, 0.25) is 0 Å². The molecular weight excluding hydrogens is 146 g/mol. The number of nitrogens with one attached hydrogen (secondary N) is 1. The van der Waals surface area contributed by atoms with E-state index in [9.17, 15) is 0 Å². The Kier molecular flexibility index (Phi) is 3.33. The highest BCUT2D eigenvalue weighted by atomic mass is 14.9. The molecule has 0 aromatic heterocycles. The summed E-state index contributed by atoms with van der Waals surface area (Å²) in [7, 11) is 2.07. The number of hydrogen-bond acceptors (Lipinski definition) is 1. The molecule has 1 rings (SSSR count). The third-order valence-electron chi connectivity index (χ3n) is 3.07. The van der Waals surface area contributed by atoms with Crippen molar-refractivity contribution in [2.75, 3.05) is 7.05 Å². The van der Waals surface area contributed by atoms with Crippen molar-refractivity contribution in [1.29, 1.82) is 0 Å². The minimum absolute atomic E-state index is 0.687. The highest BCUT2D eigenvalue weighted by Crippen LogP contribution is 2.42. The van der Waals surface area contributed by atoms with Crippen LogP contribution in [0.1, 0.15) is 33.1 Å². The highest BCUT2D eigenvalue weighted by molar-refractivity contribution is 5.02. The van der Waals surface area contributed by atoms with E-state index in [4.69, 9.17) is 0 Å². The minimum Gasteiger partial charge on any atom is -0.316 e. The highest BCUT2D eigenvalue weighted by Gasteiger charge is 2.38. The van der Waals surface area contributed by atoms with Crippen LogP contribution in [-0.2, 0) is 0 Å². The second-order valence-electron chi connectivity index (χ2n) is 4.08. The Morgan fingerprint density at radius 2 is 2.25 bits per heavy atom. The monoisotopic (exact) mass is 167 g/mol. The van der Waals surface area contributed by atoms with Gasteiger partial charge in [-0.25, -0.2) is 0 Å². The van der Waals surface area contributed by atoms with Crippen LogP contribution in [0.15, 0.2) is 12.2 Å². The van der Waals surface area contributed by atoms with Crippen LogP contribution in [-0.4, -0.2) is 13.1 Å². The van der Waals surface area contributed by atoms with Gasteiger partial charge in [-0.3, -0.25) is 0 Å². The van der Waals surface area contributed by atoms with Crippen LogP contribution < -0.4 is 5.32 Å². The maximum atomic E-state index is 4.06. The fourth-order valence-electron chi connectivity index (χ4n) is 1.83. The van der Waals surface area contributed by atoms with Crippen molar-refractivity contribution >= 4 is 0 Å². The molecule has 0 spiro atoms. The molecule has 1 N–H and O–H groups in total. The van der Waals surface area contributed by atoms with Crippen molar-refractivity contribution in [1.82, 2.24) is 5.32 Å². The molecule has 0 aliphatic heterocycles. The Morgan fingerprint density at radius 1 is 1.67 bits per heavy atom. The lowest BCUT2D eigenvalue weighted by atomic mass is 10.0. The molecule has 0 bridgehead atoms. The fourth-order valence-corrected chi connectivity index (χ4v) is 1.83. The standard InChI is InChI=1S/C11H21N/c1-5-8(2)6-11(12-4)10-7-9(10)3/h9-12H,2,5-7H2,1,3-4H3. The average molecular weight is 167 g/mol. The van der Waals surface area contributed by atoms with Crippen molar-refractivity contribution in [2.24, 2.45) is 11.8 Å². The fraction of sp³-hybridized carbons (Fsp3) is 0.818. The first-order valence-corrected chi connectivity index (χ1v) is 5.03. The average Bonchev–Trinajstić information content (AvgIpc) is 2.77. The van der Waals surface area contributed by atoms with Crippen LogP contribution in [0.25, 0.3) is 0 Å². The van der Waals surface area contributed by atoms with E-state index >= 15 is 0 Å². The molecule has 0 amide bonds. The third kappa shape index (κ3) is 2.34. The molecule has 0 heterocycles. The van der Waals surface area contributed by atoms with Gasteiger partial charge in [0.1, 0.15) is 0 Å². The second-order valence-corrected chi connectivity index (χ2v) is 4.08. The topological polar surface area (TPSA) is 12.0 Å². The molecule has 1 fully saturated rings. The van der Waals surface area contributed by atoms with E-state index in [0.29, 0.717) is 6.04 Å². The Labute approximate surface area is 76.2 Å². The molecule has 1 aliphatic carbocycles. The predicted molar refractivity (Wildman–Crippen MR) is 54.2 cm³/mol. The molecule has 1 heteroatoms. The van der Waals surface area contributed by atoms with Gasteiger partial charge in [-0.15, -0.1) is 0 Å². The van der Waals surface area contributed by atoms with Gasteiger partial charge < -0.3 is 5.32 Å². The summed E-state index contributed by atoms with van der Waals surface area (Å²) in [5.41, 5.74) is 1.38. The predicted octanol–water partition coefficient (Wildman–Crippen LogP) is 2.59. The number of rotatable bonds is 5. The SMILES string of the molecule is C=C(CC)CC(NC)C1CC1C. The van der Waals surface area contributed by atoms with Gasteiger partial charge in [0.15, 0.2) is 0 Å². The second kappa shape index (κ2) is 4.08. The van der Waals surface area contributed by atoms with Crippen LogP contribution >= 0.6 is 0 Å². The first-order valence-electron chi connectivity index (χ1n) is 5.03.